The summed E-state index contributed by atoms with van der Waals surface area (Å²) < 4.78 is 44.6. The number of rotatable bonds is 2. The molecular weight excluding hydrogens is 181 g/mol. The smallest absolute Gasteiger partial charge is 0.281 e. The second-order valence-corrected chi connectivity index (χ2v) is 4.12. The molecule has 0 aromatic carbocycles. The van der Waals surface area contributed by atoms with Gasteiger partial charge in [0.2, 0.25) is 5.67 Å². The van der Waals surface area contributed by atoms with Crippen molar-refractivity contribution in [3.05, 3.63) is 0 Å². The first-order valence-electron chi connectivity index (χ1n) is 4.43. The standard InChI is InChI=1S/C9H15F3O/c1-6(2)7-4-13-5-9(7,12)8(3,10)11/h6-7H,4-5H2,1-3H3. The van der Waals surface area contributed by atoms with Gasteiger partial charge in [-0.3, -0.25) is 0 Å². The van der Waals surface area contributed by atoms with Crippen LogP contribution >= 0.6 is 0 Å². The maximum atomic E-state index is 13.9. The first kappa shape index (κ1) is 10.8. The first-order valence-corrected chi connectivity index (χ1v) is 4.43. The van der Waals surface area contributed by atoms with Gasteiger partial charge in [-0.25, -0.2) is 13.2 Å². The van der Waals surface area contributed by atoms with E-state index >= 15 is 0 Å². The summed E-state index contributed by atoms with van der Waals surface area (Å²) in [6, 6.07) is 0. The molecule has 1 heterocycles. The van der Waals surface area contributed by atoms with Gasteiger partial charge < -0.3 is 4.74 Å². The number of hydrogen-bond donors (Lipinski definition) is 0. The van der Waals surface area contributed by atoms with E-state index in [1.165, 1.54) is 0 Å². The summed E-state index contributed by atoms with van der Waals surface area (Å²) in [5.74, 6) is -4.15. The number of hydrogen-bond acceptors (Lipinski definition) is 1. The van der Waals surface area contributed by atoms with E-state index in [0.717, 1.165) is 0 Å². The molecule has 0 aliphatic carbocycles. The molecule has 1 rings (SSSR count). The third-order valence-corrected chi connectivity index (χ3v) is 2.73. The fourth-order valence-electron chi connectivity index (χ4n) is 1.75. The van der Waals surface area contributed by atoms with Gasteiger partial charge in [-0.1, -0.05) is 13.8 Å². The third-order valence-electron chi connectivity index (χ3n) is 2.73. The van der Waals surface area contributed by atoms with Gasteiger partial charge in [-0.15, -0.1) is 0 Å². The van der Waals surface area contributed by atoms with Gasteiger partial charge in [-0.05, 0) is 5.92 Å². The zero-order valence-electron chi connectivity index (χ0n) is 8.11. The molecule has 2 atom stereocenters. The van der Waals surface area contributed by atoms with E-state index < -0.39 is 24.1 Å². The molecule has 0 aromatic heterocycles. The van der Waals surface area contributed by atoms with Crippen LogP contribution in [0.4, 0.5) is 13.2 Å². The summed E-state index contributed by atoms with van der Waals surface area (Å²) in [5, 5.41) is 0. The van der Waals surface area contributed by atoms with Crippen LogP contribution < -0.4 is 0 Å². The Morgan fingerprint density at radius 3 is 2.31 bits per heavy atom. The van der Waals surface area contributed by atoms with E-state index in [-0.39, 0.29) is 12.5 Å². The van der Waals surface area contributed by atoms with Crippen molar-refractivity contribution in [3.8, 4) is 0 Å². The van der Waals surface area contributed by atoms with Crippen molar-refractivity contribution in [1.82, 2.24) is 0 Å². The second kappa shape index (κ2) is 3.15. The lowest BCUT2D eigenvalue weighted by Crippen LogP contribution is -2.49. The molecule has 2 unspecified atom stereocenters. The van der Waals surface area contributed by atoms with Gasteiger partial charge in [0.1, 0.15) is 0 Å². The van der Waals surface area contributed by atoms with Crippen LogP contribution in [0.2, 0.25) is 0 Å². The highest BCUT2D eigenvalue weighted by Crippen LogP contribution is 2.45. The largest absolute Gasteiger partial charge is 0.377 e. The fourth-order valence-corrected chi connectivity index (χ4v) is 1.75. The molecule has 0 bridgehead atoms. The minimum Gasteiger partial charge on any atom is -0.377 e. The van der Waals surface area contributed by atoms with Crippen LogP contribution in [0.15, 0.2) is 0 Å². The van der Waals surface area contributed by atoms with Crippen LogP contribution in [0.1, 0.15) is 20.8 Å². The quantitative estimate of drug-likeness (QED) is 0.659. The summed E-state index contributed by atoms with van der Waals surface area (Å²) in [4.78, 5) is 0. The molecule has 1 fully saturated rings. The minimum atomic E-state index is -3.32. The molecule has 1 aliphatic heterocycles. The predicted molar refractivity (Wildman–Crippen MR) is 43.6 cm³/mol. The van der Waals surface area contributed by atoms with Crippen LogP contribution in [-0.4, -0.2) is 24.8 Å². The van der Waals surface area contributed by atoms with E-state index in [1.807, 2.05) is 0 Å². The van der Waals surface area contributed by atoms with Crippen molar-refractivity contribution >= 4 is 0 Å². The summed E-state index contributed by atoms with van der Waals surface area (Å²) in [6.07, 6.45) is 0. The van der Waals surface area contributed by atoms with Crippen molar-refractivity contribution in [2.45, 2.75) is 32.4 Å². The van der Waals surface area contributed by atoms with E-state index in [0.29, 0.717) is 6.92 Å². The number of halogens is 3. The molecular formula is C9H15F3O. The van der Waals surface area contributed by atoms with Gasteiger partial charge in [0.15, 0.2) is 0 Å². The molecule has 13 heavy (non-hydrogen) atoms. The normalized spacial score (nSPS) is 35.8. The first-order chi connectivity index (χ1) is 5.79. The van der Waals surface area contributed by atoms with E-state index in [9.17, 15) is 13.2 Å². The van der Waals surface area contributed by atoms with Gasteiger partial charge >= 0.3 is 0 Å². The van der Waals surface area contributed by atoms with Gasteiger partial charge in [0.25, 0.3) is 5.92 Å². The molecule has 0 saturated carbocycles. The fraction of sp³-hybridized carbons (Fsp3) is 1.00. The summed E-state index contributed by atoms with van der Waals surface area (Å²) in [6.45, 7) is 3.70. The van der Waals surface area contributed by atoms with E-state index in [1.54, 1.807) is 13.8 Å². The second-order valence-electron chi connectivity index (χ2n) is 4.12. The topological polar surface area (TPSA) is 9.23 Å². The van der Waals surface area contributed by atoms with Gasteiger partial charge in [0, 0.05) is 12.8 Å². The predicted octanol–water partition coefficient (Wildman–Crippen LogP) is 2.65. The zero-order chi connectivity index (χ0) is 10.3. The van der Waals surface area contributed by atoms with Gasteiger partial charge in [0.05, 0.1) is 13.2 Å². The molecule has 1 aliphatic rings. The molecule has 4 heteroatoms. The molecule has 0 radical (unpaired) electrons. The number of alkyl halides is 3. The molecule has 78 valence electrons. The highest BCUT2D eigenvalue weighted by molar-refractivity contribution is 5.01. The Balaban J connectivity index is 2.88. The lowest BCUT2D eigenvalue weighted by atomic mass is 9.80. The lowest BCUT2D eigenvalue weighted by Gasteiger charge is -2.32. The van der Waals surface area contributed by atoms with Crippen molar-refractivity contribution in [3.63, 3.8) is 0 Å². The Morgan fingerprint density at radius 2 is 2.00 bits per heavy atom. The van der Waals surface area contributed by atoms with Crippen molar-refractivity contribution < 1.29 is 17.9 Å². The average Bonchev–Trinajstić information content (AvgIpc) is 2.30. The highest BCUT2D eigenvalue weighted by atomic mass is 19.3. The Morgan fingerprint density at radius 1 is 1.46 bits per heavy atom. The summed E-state index contributed by atoms with van der Waals surface area (Å²) >= 11 is 0. The molecule has 0 spiro atoms. The average molecular weight is 196 g/mol. The summed E-state index contributed by atoms with van der Waals surface area (Å²) in [7, 11) is 0. The van der Waals surface area contributed by atoms with Crippen LogP contribution in [-0.2, 0) is 4.74 Å². The van der Waals surface area contributed by atoms with Crippen molar-refractivity contribution in [2.75, 3.05) is 13.2 Å². The minimum absolute atomic E-state index is 0.0948. The Bertz CT molecular complexity index is 188. The maximum absolute atomic E-state index is 13.9. The molecule has 0 amide bonds. The molecule has 1 nitrogen and oxygen atoms in total. The van der Waals surface area contributed by atoms with Crippen LogP contribution in [0.5, 0.6) is 0 Å². The molecule has 1 saturated heterocycles. The van der Waals surface area contributed by atoms with E-state index in [2.05, 4.69) is 0 Å². The van der Waals surface area contributed by atoms with Crippen molar-refractivity contribution in [1.29, 1.82) is 0 Å². The molecule has 0 aromatic rings. The van der Waals surface area contributed by atoms with Gasteiger partial charge in [-0.2, -0.15) is 0 Å². The SMILES string of the molecule is CC(C)C1COCC1(F)C(C)(F)F. The summed E-state index contributed by atoms with van der Waals surface area (Å²) in [5.41, 5.74) is -2.48. The van der Waals surface area contributed by atoms with Crippen LogP contribution in [0.25, 0.3) is 0 Å². The Hall–Kier alpha value is -0.250. The van der Waals surface area contributed by atoms with Crippen molar-refractivity contribution in [2.24, 2.45) is 11.8 Å². The highest BCUT2D eigenvalue weighted by Gasteiger charge is 2.60. The lowest BCUT2D eigenvalue weighted by molar-refractivity contribution is -0.146. The van der Waals surface area contributed by atoms with E-state index in [4.69, 9.17) is 4.74 Å². The zero-order valence-corrected chi connectivity index (χ0v) is 8.11. The Kier molecular flexibility index (Phi) is 2.63. The molecule has 0 N–H and O–H groups in total. The van der Waals surface area contributed by atoms with Crippen LogP contribution in [0, 0.1) is 11.8 Å². The third kappa shape index (κ3) is 1.68. The maximum Gasteiger partial charge on any atom is 0.281 e. The Labute approximate surface area is 76.3 Å². The van der Waals surface area contributed by atoms with Crippen LogP contribution in [0.3, 0.4) is 0 Å². The number of ether oxygens (including phenoxy) is 1. The monoisotopic (exact) mass is 196 g/mol.